The number of phenols is 1. The normalized spacial score (nSPS) is 13.1. The minimum atomic E-state index is -0.351. The summed E-state index contributed by atoms with van der Waals surface area (Å²) >= 11 is 1.77. The Balaban J connectivity index is 1.30. The molecule has 0 fully saturated rings. The zero-order chi connectivity index (χ0) is 25.5. The molecule has 1 unspecified atom stereocenters. The van der Waals surface area contributed by atoms with Gasteiger partial charge in [0.1, 0.15) is 17.7 Å². The Labute approximate surface area is 224 Å². The van der Waals surface area contributed by atoms with E-state index in [-0.39, 0.29) is 11.9 Å². The smallest absolute Gasteiger partial charge is 0.138 e. The lowest BCUT2D eigenvalue weighted by molar-refractivity contribution is 0.463. The van der Waals surface area contributed by atoms with E-state index in [0.717, 1.165) is 45.0 Å². The monoisotopic (exact) mass is 512 g/mol. The number of phenolic OH excluding ortho intramolecular Hbond substituents is 1. The van der Waals surface area contributed by atoms with E-state index in [1.165, 1.54) is 9.79 Å². The number of rotatable bonds is 5. The lowest BCUT2D eigenvalue weighted by Gasteiger charge is -2.39. The minimum absolute atomic E-state index is 0.247. The highest BCUT2D eigenvalue weighted by molar-refractivity contribution is 7.99. The Hall–Kier alpha value is -4.68. The van der Waals surface area contributed by atoms with Crippen molar-refractivity contribution in [2.24, 2.45) is 0 Å². The van der Waals surface area contributed by atoms with Crippen LogP contribution in [0.25, 0.3) is 22.4 Å². The van der Waals surface area contributed by atoms with Crippen LogP contribution in [0.4, 0.5) is 17.1 Å². The van der Waals surface area contributed by atoms with Crippen molar-refractivity contribution in [3.05, 3.63) is 127 Å². The molecule has 0 saturated carbocycles. The van der Waals surface area contributed by atoms with Crippen molar-refractivity contribution < 1.29 is 5.11 Å². The summed E-state index contributed by atoms with van der Waals surface area (Å²) < 4.78 is 0. The molecule has 1 aliphatic rings. The zero-order valence-corrected chi connectivity index (χ0v) is 21.2. The molecule has 7 rings (SSSR count). The van der Waals surface area contributed by atoms with E-state index in [1.54, 1.807) is 17.8 Å². The van der Waals surface area contributed by atoms with Crippen LogP contribution in [0, 0.1) is 0 Å². The molecule has 6 heteroatoms. The van der Waals surface area contributed by atoms with Crippen molar-refractivity contribution in [1.29, 1.82) is 0 Å². The van der Waals surface area contributed by atoms with E-state index in [2.05, 4.69) is 88.0 Å². The van der Waals surface area contributed by atoms with E-state index in [4.69, 9.17) is 4.98 Å². The van der Waals surface area contributed by atoms with Crippen molar-refractivity contribution in [3.63, 3.8) is 0 Å². The maximum Gasteiger partial charge on any atom is 0.138 e. The lowest BCUT2D eigenvalue weighted by Crippen LogP contribution is -2.32. The number of H-pyrrole nitrogens is 1. The molecule has 1 aromatic heterocycles. The molecule has 3 N–H and O–H groups in total. The largest absolute Gasteiger partial charge is 0.508 e. The summed E-state index contributed by atoms with van der Waals surface area (Å²) in [5, 5.41) is 14.7. The summed E-state index contributed by atoms with van der Waals surface area (Å²) in [4.78, 5) is 12.8. The zero-order valence-electron chi connectivity index (χ0n) is 20.4. The second-order valence-electron chi connectivity index (χ2n) is 9.19. The molecule has 2 heterocycles. The molecule has 0 aliphatic carbocycles. The molecule has 6 aromatic rings. The third-order valence-corrected chi connectivity index (χ3v) is 7.94. The van der Waals surface area contributed by atoms with Crippen molar-refractivity contribution in [3.8, 4) is 17.1 Å². The molecule has 1 aliphatic heterocycles. The fourth-order valence-electron chi connectivity index (χ4n) is 4.98. The fourth-order valence-corrected chi connectivity index (χ4v) is 6.06. The maximum atomic E-state index is 11.0. The van der Waals surface area contributed by atoms with Crippen LogP contribution in [0.5, 0.6) is 5.75 Å². The van der Waals surface area contributed by atoms with Gasteiger partial charge in [-0.1, -0.05) is 66.4 Å². The number of hydrogen-bond donors (Lipinski definition) is 3. The van der Waals surface area contributed by atoms with E-state index in [0.29, 0.717) is 0 Å². The van der Waals surface area contributed by atoms with Gasteiger partial charge in [0.2, 0.25) is 0 Å². The first-order valence-corrected chi connectivity index (χ1v) is 13.3. The van der Waals surface area contributed by atoms with E-state index in [1.807, 2.05) is 42.5 Å². The number of aromatic nitrogens is 2. The molecule has 0 bridgehead atoms. The van der Waals surface area contributed by atoms with Crippen LogP contribution in [0.2, 0.25) is 0 Å². The SMILES string of the molecule is Oc1ccccc1C(Nc1ccc(-c2nc3ccccc3[nH]2)cc1)N1c2ccccc2Sc2ccccc21. The Morgan fingerprint density at radius 2 is 1.34 bits per heavy atom. The molecule has 0 saturated heterocycles. The number of para-hydroxylation sites is 5. The van der Waals surface area contributed by atoms with Crippen LogP contribution in [0.3, 0.4) is 0 Å². The molecule has 5 nitrogen and oxygen atoms in total. The van der Waals surface area contributed by atoms with Crippen molar-refractivity contribution >= 4 is 39.9 Å². The third-order valence-electron chi connectivity index (χ3n) is 6.81. The van der Waals surface area contributed by atoms with Crippen LogP contribution >= 0.6 is 11.8 Å². The third kappa shape index (κ3) is 3.96. The molecule has 0 spiro atoms. The van der Waals surface area contributed by atoms with Gasteiger partial charge in [0.25, 0.3) is 0 Å². The van der Waals surface area contributed by atoms with Gasteiger partial charge in [-0.2, -0.15) is 0 Å². The molecule has 1 atom stereocenters. The number of aromatic hydroxyl groups is 1. The van der Waals surface area contributed by atoms with E-state index >= 15 is 0 Å². The van der Waals surface area contributed by atoms with Crippen molar-refractivity contribution in [1.82, 2.24) is 9.97 Å². The summed E-state index contributed by atoms with van der Waals surface area (Å²) in [5.74, 6) is 1.09. The number of nitrogens with zero attached hydrogens (tertiary/aromatic N) is 2. The van der Waals surface area contributed by atoms with Gasteiger partial charge in [-0.15, -0.1) is 0 Å². The van der Waals surface area contributed by atoms with Gasteiger partial charge in [-0.05, 0) is 66.7 Å². The Kier molecular flexibility index (Phi) is 5.52. The van der Waals surface area contributed by atoms with Gasteiger partial charge in [-0.3, -0.25) is 0 Å². The highest BCUT2D eigenvalue weighted by atomic mass is 32.2. The number of imidazole rings is 1. The first-order chi connectivity index (χ1) is 18.7. The van der Waals surface area contributed by atoms with Crippen LogP contribution in [0.15, 0.2) is 131 Å². The molecule has 5 aromatic carbocycles. The summed E-state index contributed by atoms with van der Waals surface area (Å²) in [7, 11) is 0. The standard InChI is InChI=1S/C32H24N4OS/c37-28-14-6-1-9-23(28)32(36-26-12-4-7-15-29(26)38-30-16-8-5-13-27(30)36)33-22-19-17-21(18-20-22)31-34-24-10-2-3-11-25(24)35-31/h1-20,32-33,37H,(H,34,35). The van der Waals surface area contributed by atoms with E-state index < -0.39 is 0 Å². The van der Waals surface area contributed by atoms with Gasteiger partial charge in [0.15, 0.2) is 0 Å². The molecule has 184 valence electrons. The van der Waals surface area contributed by atoms with Crippen molar-refractivity contribution in [2.75, 3.05) is 10.2 Å². The van der Waals surface area contributed by atoms with Crippen LogP contribution in [-0.2, 0) is 0 Å². The highest BCUT2D eigenvalue weighted by Crippen LogP contribution is 2.51. The number of anilines is 3. The second-order valence-corrected chi connectivity index (χ2v) is 10.3. The van der Waals surface area contributed by atoms with Crippen LogP contribution in [-0.4, -0.2) is 15.1 Å². The predicted molar refractivity (Wildman–Crippen MR) is 155 cm³/mol. The Bertz CT molecular complexity index is 1680. The molecule has 0 radical (unpaired) electrons. The van der Waals surface area contributed by atoms with Crippen LogP contribution < -0.4 is 10.2 Å². The average Bonchev–Trinajstić information content (AvgIpc) is 3.40. The summed E-state index contributed by atoms with van der Waals surface area (Å²) in [6, 6.07) is 40.6. The van der Waals surface area contributed by atoms with Gasteiger partial charge in [-0.25, -0.2) is 4.98 Å². The summed E-state index contributed by atoms with van der Waals surface area (Å²) in [5.41, 5.74) is 6.90. The quantitative estimate of drug-likeness (QED) is 0.217. The molecule has 38 heavy (non-hydrogen) atoms. The summed E-state index contributed by atoms with van der Waals surface area (Å²) in [6.07, 6.45) is -0.351. The highest BCUT2D eigenvalue weighted by Gasteiger charge is 2.31. The van der Waals surface area contributed by atoms with Crippen molar-refractivity contribution in [2.45, 2.75) is 16.0 Å². The van der Waals surface area contributed by atoms with Gasteiger partial charge in [0, 0.05) is 26.6 Å². The number of nitrogens with one attached hydrogen (secondary N) is 2. The number of hydrogen-bond acceptors (Lipinski definition) is 5. The van der Waals surface area contributed by atoms with Gasteiger partial charge in [0.05, 0.1) is 22.4 Å². The minimum Gasteiger partial charge on any atom is -0.508 e. The average molecular weight is 513 g/mol. The molecular weight excluding hydrogens is 488 g/mol. The van der Waals surface area contributed by atoms with E-state index in [9.17, 15) is 5.11 Å². The van der Waals surface area contributed by atoms with Gasteiger partial charge >= 0.3 is 0 Å². The fraction of sp³-hybridized carbons (Fsp3) is 0.0312. The molecular formula is C32H24N4OS. The first-order valence-electron chi connectivity index (χ1n) is 12.5. The topological polar surface area (TPSA) is 64.2 Å². The van der Waals surface area contributed by atoms with Crippen LogP contribution in [0.1, 0.15) is 11.7 Å². The summed E-state index contributed by atoms with van der Waals surface area (Å²) in [6.45, 7) is 0. The van der Waals surface area contributed by atoms with Gasteiger partial charge < -0.3 is 20.3 Å². The number of fused-ring (bicyclic) bond motifs is 3. The maximum absolute atomic E-state index is 11.0. The Morgan fingerprint density at radius 1 is 0.711 bits per heavy atom. The first kappa shape index (κ1) is 22.5. The number of aromatic amines is 1. The predicted octanol–water partition coefficient (Wildman–Crippen LogP) is 8.35. The second kappa shape index (κ2) is 9.32. The Morgan fingerprint density at radius 3 is 2.05 bits per heavy atom. The number of benzene rings is 5. The lowest BCUT2D eigenvalue weighted by atomic mass is 10.1. The molecule has 0 amide bonds.